The molecule has 2 rings (SSSR count). The summed E-state index contributed by atoms with van der Waals surface area (Å²) in [6.45, 7) is 8.69. The zero-order valence-electron chi connectivity index (χ0n) is 32.5. The van der Waals surface area contributed by atoms with Gasteiger partial charge in [-0.3, -0.25) is 0 Å². The van der Waals surface area contributed by atoms with E-state index in [-0.39, 0.29) is 11.9 Å². The summed E-state index contributed by atoms with van der Waals surface area (Å²) < 4.78 is 13.6. The first-order valence-electron chi connectivity index (χ1n) is 21.0. The van der Waals surface area contributed by atoms with Crippen molar-refractivity contribution in [2.45, 2.75) is 193 Å². The highest BCUT2D eigenvalue weighted by atomic mass is 16.7. The fraction of sp³-hybridized carbons (Fsp3) is 0.907. The van der Waals surface area contributed by atoms with Gasteiger partial charge in [-0.1, -0.05) is 122 Å². The van der Waals surface area contributed by atoms with Crippen LogP contribution in [0.5, 0.6) is 0 Å². The summed E-state index contributed by atoms with van der Waals surface area (Å²) in [5.41, 5.74) is 0. The first-order chi connectivity index (χ1) is 23.0. The van der Waals surface area contributed by atoms with Gasteiger partial charge >= 0.3 is 0 Å². The topological polar surface area (TPSA) is 24.9 Å². The molecule has 0 aromatic carbocycles. The predicted octanol–water partition coefficient (Wildman–Crippen LogP) is 12.1. The van der Waals surface area contributed by atoms with Crippen molar-refractivity contribution < 1.29 is 9.47 Å². The normalized spacial score (nSPS) is 23.0. The number of hydrogen-bond donors (Lipinski definition) is 0. The van der Waals surface area contributed by atoms with E-state index in [1.54, 1.807) is 0 Å². The lowest BCUT2D eigenvalue weighted by atomic mass is 9.98. The molecule has 0 amide bonds. The molecule has 3 unspecified atom stereocenters. The van der Waals surface area contributed by atoms with Gasteiger partial charge < -0.3 is 19.3 Å². The van der Waals surface area contributed by atoms with E-state index in [0.717, 1.165) is 45.0 Å². The highest BCUT2D eigenvalue weighted by Crippen LogP contribution is 2.55. The number of likely N-dealkylation sites (N-methyl/N-ethyl adjacent to an activating group) is 2. The number of nitrogens with zero attached hydrogens (tertiary/aromatic N) is 2. The maximum absolute atomic E-state index is 6.93. The molecule has 0 spiro atoms. The van der Waals surface area contributed by atoms with Gasteiger partial charge in [-0.15, -0.1) is 0 Å². The van der Waals surface area contributed by atoms with E-state index >= 15 is 0 Å². The molecule has 1 aliphatic carbocycles. The van der Waals surface area contributed by atoms with Gasteiger partial charge in [-0.25, -0.2) is 0 Å². The van der Waals surface area contributed by atoms with Crippen LogP contribution in [0.15, 0.2) is 24.3 Å². The van der Waals surface area contributed by atoms with E-state index in [1.807, 2.05) is 0 Å². The molecule has 0 N–H and O–H groups in total. The molecule has 4 atom stereocenters. The molecule has 0 aromatic rings. The minimum atomic E-state index is -0.295. The predicted molar refractivity (Wildman–Crippen MR) is 206 cm³/mol. The molecular formula is C43H82N2O2. The zero-order chi connectivity index (χ0) is 33.8. The number of hydrogen-bond acceptors (Lipinski definition) is 4. The Morgan fingerprint density at radius 3 is 1.64 bits per heavy atom. The molecule has 2 fully saturated rings. The Hall–Kier alpha value is -0.680. The second-order valence-corrected chi connectivity index (χ2v) is 15.7. The van der Waals surface area contributed by atoms with Gasteiger partial charge in [0.05, 0.1) is 12.7 Å². The van der Waals surface area contributed by atoms with Gasteiger partial charge in [0, 0.05) is 32.0 Å². The Balaban J connectivity index is 1.65. The van der Waals surface area contributed by atoms with E-state index < -0.39 is 0 Å². The fourth-order valence-corrected chi connectivity index (χ4v) is 7.40. The summed E-state index contributed by atoms with van der Waals surface area (Å²) in [6, 6.07) is 0. The average molecular weight is 659 g/mol. The summed E-state index contributed by atoms with van der Waals surface area (Å²) in [6.07, 6.45) is 44.5. The van der Waals surface area contributed by atoms with Crippen LogP contribution in [-0.2, 0) is 9.47 Å². The van der Waals surface area contributed by atoms with E-state index in [4.69, 9.17) is 9.47 Å². The van der Waals surface area contributed by atoms with Gasteiger partial charge in [-0.05, 0) is 104 Å². The highest BCUT2D eigenvalue weighted by molar-refractivity contribution is 5.00. The molecule has 4 heteroatoms. The fourth-order valence-electron chi connectivity index (χ4n) is 7.40. The van der Waals surface area contributed by atoms with E-state index in [2.05, 4.69) is 69.1 Å². The molecule has 0 aromatic heterocycles. The van der Waals surface area contributed by atoms with Crippen molar-refractivity contribution in [2.75, 3.05) is 47.4 Å². The van der Waals surface area contributed by atoms with Crippen molar-refractivity contribution >= 4 is 0 Å². The van der Waals surface area contributed by atoms with Crippen molar-refractivity contribution in [3.63, 3.8) is 0 Å². The highest BCUT2D eigenvalue weighted by Gasteiger charge is 2.57. The van der Waals surface area contributed by atoms with E-state index in [1.165, 1.54) is 154 Å². The molecule has 1 saturated heterocycles. The minimum Gasteiger partial charge on any atom is -0.347 e. The molecule has 276 valence electrons. The van der Waals surface area contributed by atoms with Crippen LogP contribution in [0.1, 0.15) is 181 Å². The van der Waals surface area contributed by atoms with E-state index in [0.29, 0.717) is 5.92 Å². The SMILES string of the molecule is CCCCCCC/C=C\CCCCCCCCC1(C2C[C@H]2CCCC/C=C/CCCCCCC)OCC(CCN(C)CCN(C)C)O1. The van der Waals surface area contributed by atoms with Crippen LogP contribution < -0.4 is 0 Å². The maximum atomic E-state index is 6.93. The van der Waals surface area contributed by atoms with Crippen LogP contribution in [0, 0.1) is 11.8 Å². The summed E-state index contributed by atoms with van der Waals surface area (Å²) in [7, 11) is 6.56. The lowest BCUT2D eigenvalue weighted by Gasteiger charge is -2.29. The third-order valence-electron chi connectivity index (χ3n) is 10.8. The standard InChI is InChI=1S/C43H82N2O2/c1-6-8-10-12-14-16-18-19-20-21-23-25-27-29-31-34-43(46-39-41(47-43)33-35-45(5)37-36-44(3)4)42-38-40(42)32-30-28-26-24-22-17-15-13-11-9-7-2/h18-19,22,24,40-42H,6-17,20-21,23,25-39H2,1-5H3/b19-18-,24-22+/t40-,41?,42?,43?/m1/s1. The Morgan fingerprint density at radius 1 is 0.574 bits per heavy atom. The molecule has 47 heavy (non-hydrogen) atoms. The van der Waals surface area contributed by atoms with Crippen LogP contribution in [0.4, 0.5) is 0 Å². The van der Waals surface area contributed by atoms with Gasteiger partial charge in [0.1, 0.15) is 0 Å². The quantitative estimate of drug-likeness (QED) is 0.0517. The smallest absolute Gasteiger partial charge is 0.171 e. The van der Waals surface area contributed by atoms with Crippen molar-refractivity contribution in [3.05, 3.63) is 24.3 Å². The molecule has 2 aliphatic rings. The second kappa shape index (κ2) is 28.1. The van der Waals surface area contributed by atoms with Crippen LogP contribution in [0.3, 0.4) is 0 Å². The number of ether oxygens (including phenoxy) is 2. The average Bonchev–Trinajstić information content (AvgIpc) is 3.74. The summed E-state index contributed by atoms with van der Waals surface area (Å²) in [4.78, 5) is 4.72. The largest absolute Gasteiger partial charge is 0.347 e. The first kappa shape index (κ1) is 42.5. The number of rotatable bonds is 33. The third kappa shape index (κ3) is 21.2. The lowest BCUT2D eigenvalue weighted by Crippen LogP contribution is -2.35. The molecule has 4 nitrogen and oxygen atoms in total. The Labute approximate surface area is 294 Å². The monoisotopic (exact) mass is 659 g/mol. The molecule has 0 bridgehead atoms. The third-order valence-corrected chi connectivity index (χ3v) is 10.8. The Bertz CT molecular complexity index is 767. The first-order valence-corrected chi connectivity index (χ1v) is 21.0. The molecule has 0 radical (unpaired) electrons. The van der Waals surface area contributed by atoms with E-state index in [9.17, 15) is 0 Å². The summed E-state index contributed by atoms with van der Waals surface area (Å²) in [5, 5.41) is 0. The molecule has 1 heterocycles. The Kier molecular flexibility index (Phi) is 25.4. The molecule has 1 saturated carbocycles. The maximum Gasteiger partial charge on any atom is 0.171 e. The van der Waals surface area contributed by atoms with Crippen molar-refractivity contribution in [1.29, 1.82) is 0 Å². The minimum absolute atomic E-state index is 0.259. The van der Waals surface area contributed by atoms with Crippen LogP contribution in [0.2, 0.25) is 0 Å². The number of allylic oxidation sites excluding steroid dienone is 4. The Morgan fingerprint density at radius 2 is 1.09 bits per heavy atom. The second-order valence-electron chi connectivity index (χ2n) is 15.7. The van der Waals surface area contributed by atoms with Crippen molar-refractivity contribution in [2.24, 2.45) is 11.8 Å². The van der Waals surface area contributed by atoms with Crippen LogP contribution >= 0.6 is 0 Å². The zero-order valence-corrected chi connectivity index (χ0v) is 32.5. The van der Waals surface area contributed by atoms with Crippen molar-refractivity contribution in [3.8, 4) is 0 Å². The summed E-state index contributed by atoms with van der Waals surface area (Å²) in [5.74, 6) is 1.14. The van der Waals surface area contributed by atoms with Gasteiger partial charge in [0.15, 0.2) is 5.79 Å². The molecular weight excluding hydrogens is 576 g/mol. The van der Waals surface area contributed by atoms with Gasteiger partial charge in [0.2, 0.25) is 0 Å². The van der Waals surface area contributed by atoms with Crippen LogP contribution in [-0.4, -0.2) is 69.1 Å². The summed E-state index contributed by atoms with van der Waals surface area (Å²) >= 11 is 0. The van der Waals surface area contributed by atoms with Crippen LogP contribution in [0.25, 0.3) is 0 Å². The number of unbranched alkanes of at least 4 members (excludes halogenated alkanes) is 18. The van der Waals surface area contributed by atoms with Gasteiger partial charge in [-0.2, -0.15) is 0 Å². The van der Waals surface area contributed by atoms with Gasteiger partial charge in [0.25, 0.3) is 0 Å². The molecule has 1 aliphatic heterocycles. The lowest BCUT2D eigenvalue weighted by molar-refractivity contribution is -0.192. The van der Waals surface area contributed by atoms with Crippen molar-refractivity contribution in [1.82, 2.24) is 9.80 Å².